The molecule has 2 rings (SSSR count). The van der Waals surface area contributed by atoms with Crippen molar-refractivity contribution in [2.45, 2.75) is 20.1 Å². The van der Waals surface area contributed by atoms with E-state index in [1.165, 1.54) is 0 Å². The SMILES string of the molecule is Cc1cccc(OCc2ccc(CO)cc2)c1[N+](=O)[O-]. The van der Waals surface area contributed by atoms with Crippen LogP contribution in [0.2, 0.25) is 0 Å². The highest BCUT2D eigenvalue weighted by molar-refractivity contribution is 5.52. The Bertz CT molecular complexity index is 608. The molecule has 0 saturated heterocycles. The lowest BCUT2D eigenvalue weighted by Gasteiger charge is -2.08. The zero-order chi connectivity index (χ0) is 14.5. The van der Waals surface area contributed by atoms with Crippen molar-refractivity contribution in [3.05, 3.63) is 69.3 Å². The predicted octanol–water partition coefficient (Wildman–Crippen LogP) is 2.97. The number of hydrogen-bond donors (Lipinski definition) is 1. The van der Waals surface area contributed by atoms with Gasteiger partial charge in [0.15, 0.2) is 5.75 Å². The number of nitro benzene ring substituents is 1. The van der Waals surface area contributed by atoms with Crippen molar-refractivity contribution in [1.82, 2.24) is 0 Å². The Morgan fingerprint density at radius 1 is 1.15 bits per heavy atom. The van der Waals surface area contributed by atoms with Crippen LogP contribution < -0.4 is 4.74 Å². The number of aliphatic hydroxyl groups excluding tert-OH is 1. The van der Waals surface area contributed by atoms with Crippen molar-refractivity contribution in [2.75, 3.05) is 0 Å². The van der Waals surface area contributed by atoms with Gasteiger partial charge in [-0.05, 0) is 24.1 Å². The van der Waals surface area contributed by atoms with Crippen LogP contribution in [0.25, 0.3) is 0 Å². The topological polar surface area (TPSA) is 72.6 Å². The summed E-state index contributed by atoms with van der Waals surface area (Å²) in [6.07, 6.45) is 0. The molecule has 0 fully saturated rings. The van der Waals surface area contributed by atoms with Crippen LogP contribution in [-0.4, -0.2) is 10.0 Å². The number of ether oxygens (including phenoxy) is 1. The summed E-state index contributed by atoms with van der Waals surface area (Å²) in [5.74, 6) is 0.265. The normalized spacial score (nSPS) is 10.3. The molecule has 5 nitrogen and oxygen atoms in total. The smallest absolute Gasteiger partial charge is 0.313 e. The van der Waals surface area contributed by atoms with E-state index >= 15 is 0 Å². The van der Waals surface area contributed by atoms with E-state index in [1.54, 1.807) is 37.3 Å². The average molecular weight is 273 g/mol. The third-order valence-electron chi connectivity index (χ3n) is 2.98. The van der Waals surface area contributed by atoms with Crippen molar-refractivity contribution in [3.8, 4) is 5.75 Å². The summed E-state index contributed by atoms with van der Waals surface area (Å²) in [6.45, 7) is 1.92. The molecule has 0 aliphatic carbocycles. The Labute approximate surface area is 116 Å². The number of benzene rings is 2. The van der Waals surface area contributed by atoms with Crippen molar-refractivity contribution in [3.63, 3.8) is 0 Å². The van der Waals surface area contributed by atoms with Crippen LogP contribution in [-0.2, 0) is 13.2 Å². The van der Waals surface area contributed by atoms with E-state index in [2.05, 4.69) is 0 Å². The van der Waals surface area contributed by atoms with Crippen LogP contribution in [0.4, 0.5) is 5.69 Å². The fraction of sp³-hybridized carbons (Fsp3) is 0.200. The van der Waals surface area contributed by atoms with Crippen molar-refractivity contribution >= 4 is 5.69 Å². The van der Waals surface area contributed by atoms with Crippen molar-refractivity contribution < 1.29 is 14.8 Å². The zero-order valence-corrected chi connectivity index (χ0v) is 11.1. The molecular weight excluding hydrogens is 258 g/mol. The van der Waals surface area contributed by atoms with Gasteiger partial charge in [0.2, 0.25) is 0 Å². The summed E-state index contributed by atoms with van der Waals surface area (Å²) in [7, 11) is 0. The Hall–Kier alpha value is -2.40. The van der Waals surface area contributed by atoms with Gasteiger partial charge in [-0.1, -0.05) is 36.4 Å². The summed E-state index contributed by atoms with van der Waals surface area (Å²) in [4.78, 5) is 10.6. The molecule has 1 N–H and O–H groups in total. The van der Waals surface area contributed by atoms with Crippen LogP contribution >= 0.6 is 0 Å². The fourth-order valence-corrected chi connectivity index (χ4v) is 1.88. The minimum Gasteiger partial charge on any atom is -0.482 e. The number of hydrogen-bond acceptors (Lipinski definition) is 4. The van der Waals surface area contributed by atoms with Gasteiger partial charge >= 0.3 is 5.69 Å². The molecule has 0 heterocycles. The second-order valence-corrected chi connectivity index (χ2v) is 4.44. The van der Waals surface area contributed by atoms with Crippen LogP contribution in [0.3, 0.4) is 0 Å². The van der Waals surface area contributed by atoms with Gasteiger partial charge in [-0.25, -0.2) is 0 Å². The lowest BCUT2D eigenvalue weighted by Crippen LogP contribution is -2.00. The molecule has 0 spiro atoms. The Morgan fingerprint density at radius 3 is 2.40 bits per heavy atom. The van der Waals surface area contributed by atoms with Crippen LogP contribution in [0.5, 0.6) is 5.75 Å². The third kappa shape index (κ3) is 3.13. The summed E-state index contributed by atoms with van der Waals surface area (Å²) < 4.78 is 5.53. The summed E-state index contributed by atoms with van der Waals surface area (Å²) in [6, 6.07) is 12.2. The Balaban J connectivity index is 2.14. The quantitative estimate of drug-likeness (QED) is 0.671. The zero-order valence-electron chi connectivity index (χ0n) is 11.1. The second kappa shape index (κ2) is 6.16. The van der Waals surface area contributed by atoms with Gasteiger partial charge in [0.1, 0.15) is 6.61 Å². The van der Waals surface area contributed by atoms with E-state index in [0.717, 1.165) is 11.1 Å². The maximum absolute atomic E-state index is 11.0. The van der Waals surface area contributed by atoms with E-state index in [4.69, 9.17) is 9.84 Å². The highest BCUT2D eigenvalue weighted by Gasteiger charge is 2.17. The van der Waals surface area contributed by atoms with Gasteiger partial charge in [-0.2, -0.15) is 0 Å². The molecule has 0 bridgehead atoms. The minimum atomic E-state index is -0.431. The molecule has 0 aromatic heterocycles. The molecule has 0 aliphatic heterocycles. The van der Waals surface area contributed by atoms with Crippen LogP contribution in [0.1, 0.15) is 16.7 Å². The summed E-state index contributed by atoms with van der Waals surface area (Å²) in [5.41, 5.74) is 2.27. The number of aliphatic hydroxyl groups is 1. The maximum atomic E-state index is 11.0. The molecule has 5 heteroatoms. The summed E-state index contributed by atoms with van der Waals surface area (Å²) >= 11 is 0. The van der Waals surface area contributed by atoms with Gasteiger partial charge in [-0.15, -0.1) is 0 Å². The molecule has 0 radical (unpaired) electrons. The third-order valence-corrected chi connectivity index (χ3v) is 2.98. The second-order valence-electron chi connectivity index (χ2n) is 4.44. The highest BCUT2D eigenvalue weighted by atomic mass is 16.6. The lowest BCUT2D eigenvalue weighted by molar-refractivity contribution is -0.386. The molecule has 0 aliphatic rings. The summed E-state index contributed by atoms with van der Waals surface area (Å²) in [5, 5.41) is 20.0. The molecule has 104 valence electrons. The van der Waals surface area contributed by atoms with Crippen LogP contribution in [0.15, 0.2) is 42.5 Å². The Kier molecular flexibility index (Phi) is 4.32. The van der Waals surface area contributed by atoms with E-state index in [0.29, 0.717) is 5.56 Å². The maximum Gasteiger partial charge on any atom is 0.313 e. The molecule has 0 atom stereocenters. The predicted molar refractivity (Wildman–Crippen MR) is 74.5 cm³/mol. The number of rotatable bonds is 5. The standard InChI is InChI=1S/C15H15NO4/c1-11-3-2-4-14(15(11)16(18)19)20-10-13-7-5-12(9-17)6-8-13/h2-8,17H,9-10H2,1H3. The van der Waals surface area contributed by atoms with E-state index in [-0.39, 0.29) is 24.7 Å². The molecular formula is C15H15NO4. The lowest BCUT2D eigenvalue weighted by atomic mass is 10.1. The van der Waals surface area contributed by atoms with E-state index in [1.807, 2.05) is 12.1 Å². The molecule has 0 amide bonds. The highest BCUT2D eigenvalue weighted by Crippen LogP contribution is 2.30. The molecule has 0 unspecified atom stereocenters. The first kappa shape index (κ1) is 14.0. The average Bonchev–Trinajstić information content (AvgIpc) is 2.45. The number of aryl methyl sites for hydroxylation is 1. The van der Waals surface area contributed by atoms with Crippen LogP contribution in [0, 0.1) is 17.0 Å². The molecule has 2 aromatic carbocycles. The first-order valence-corrected chi connectivity index (χ1v) is 6.17. The molecule has 2 aromatic rings. The van der Waals surface area contributed by atoms with Crippen molar-refractivity contribution in [2.24, 2.45) is 0 Å². The van der Waals surface area contributed by atoms with Crippen molar-refractivity contribution in [1.29, 1.82) is 0 Å². The number of nitrogens with zero attached hydrogens (tertiary/aromatic N) is 1. The first-order chi connectivity index (χ1) is 9.61. The number of nitro groups is 1. The largest absolute Gasteiger partial charge is 0.482 e. The molecule has 20 heavy (non-hydrogen) atoms. The van der Waals surface area contributed by atoms with Gasteiger partial charge in [0.25, 0.3) is 0 Å². The van der Waals surface area contributed by atoms with E-state index < -0.39 is 4.92 Å². The first-order valence-electron chi connectivity index (χ1n) is 6.17. The fourth-order valence-electron chi connectivity index (χ4n) is 1.88. The monoisotopic (exact) mass is 273 g/mol. The molecule has 0 saturated carbocycles. The van der Waals surface area contributed by atoms with E-state index in [9.17, 15) is 10.1 Å². The van der Waals surface area contributed by atoms with Gasteiger partial charge < -0.3 is 9.84 Å². The van der Waals surface area contributed by atoms with Gasteiger partial charge in [0.05, 0.1) is 11.5 Å². The van der Waals surface area contributed by atoms with Gasteiger partial charge in [-0.3, -0.25) is 10.1 Å². The minimum absolute atomic E-state index is 0.000483. The number of para-hydroxylation sites is 1. The van der Waals surface area contributed by atoms with Gasteiger partial charge in [0, 0.05) is 5.56 Å². The Morgan fingerprint density at radius 2 is 1.80 bits per heavy atom.